The van der Waals surface area contributed by atoms with Crippen LogP contribution in [0, 0.1) is 12.7 Å². The highest BCUT2D eigenvalue weighted by Crippen LogP contribution is 2.34. The topological polar surface area (TPSA) is 72.8 Å². The molecule has 8 heteroatoms. The number of benzene rings is 1. The minimum Gasteiger partial charge on any atom is -0.466 e. The molecule has 0 atom stereocenters. The number of likely N-dealkylation sites (tertiary alicyclic amines) is 1. The van der Waals surface area contributed by atoms with E-state index in [9.17, 15) is 9.59 Å². The number of aromatic nitrogens is 1. The molecule has 0 bridgehead atoms. The van der Waals surface area contributed by atoms with E-state index >= 15 is 4.39 Å². The predicted octanol–water partition coefficient (Wildman–Crippen LogP) is 5.03. The Labute approximate surface area is 188 Å². The summed E-state index contributed by atoms with van der Waals surface area (Å²) < 4.78 is 27.8. The van der Waals surface area contributed by atoms with E-state index in [1.165, 1.54) is 0 Å². The van der Waals surface area contributed by atoms with Crippen molar-refractivity contribution in [2.45, 2.75) is 65.5 Å². The van der Waals surface area contributed by atoms with Crippen LogP contribution in [0.25, 0.3) is 10.9 Å². The Morgan fingerprint density at radius 2 is 1.91 bits per heavy atom. The van der Waals surface area contributed by atoms with E-state index in [2.05, 4.69) is 9.88 Å². The smallest absolute Gasteiger partial charge is 0.410 e. The third-order valence-electron chi connectivity index (χ3n) is 5.58. The summed E-state index contributed by atoms with van der Waals surface area (Å²) >= 11 is 0. The van der Waals surface area contributed by atoms with Crippen LogP contribution in [0.1, 0.15) is 58.6 Å². The second-order valence-corrected chi connectivity index (χ2v) is 9.22. The monoisotopic (exact) mass is 447 g/mol. The highest BCUT2D eigenvalue weighted by Gasteiger charge is 2.28. The second kappa shape index (κ2) is 9.79. The number of halogens is 1. The van der Waals surface area contributed by atoms with Gasteiger partial charge in [-0.3, -0.25) is 4.79 Å². The van der Waals surface area contributed by atoms with Crippen LogP contribution >= 0.6 is 0 Å². The molecule has 1 N–H and O–H groups in total. The molecule has 1 saturated heterocycles. The summed E-state index contributed by atoms with van der Waals surface area (Å²) in [5.41, 5.74) is 1.57. The van der Waals surface area contributed by atoms with Crippen LogP contribution in [0.3, 0.4) is 0 Å². The Hall–Kier alpha value is -2.77. The number of anilines is 1. The number of nitrogens with one attached hydrogen (secondary N) is 1. The number of ether oxygens (including phenoxy) is 2. The molecule has 0 spiro atoms. The summed E-state index contributed by atoms with van der Waals surface area (Å²) in [5.74, 6) is -0.615. The SMILES string of the molecule is CCOC(=O)CCNc1ccc2c(c(C)cn2C2CCN(C(=O)OC(C)(C)C)CC2)c1F. The van der Waals surface area contributed by atoms with Crippen molar-refractivity contribution in [2.75, 3.05) is 31.6 Å². The van der Waals surface area contributed by atoms with Crippen LogP contribution in [-0.4, -0.2) is 53.4 Å². The first-order valence-corrected chi connectivity index (χ1v) is 11.3. The first-order valence-electron chi connectivity index (χ1n) is 11.3. The van der Waals surface area contributed by atoms with Gasteiger partial charge in [-0.05, 0) is 65.2 Å². The van der Waals surface area contributed by atoms with Gasteiger partial charge in [-0.15, -0.1) is 0 Å². The molecule has 1 aliphatic rings. The number of aryl methyl sites for hydroxylation is 1. The van der Waals surface area contributed by atoms with E-state index in [1.54, 1.807) is 17.9 Å². The molecular weight excluding hydrogens is 413 g/mol. The zero-order valence-electron chi connectivity index (χ0n) is 19.7. The van der Waals surface area contributed by atoms with Crippen LogP contribution < -0.4 is 5.32 Å². The fourth-order valence-electron chi connectivity index (χ4n) is 4.12. The molecule has 1 fully saturated rings. The van der Waals surface area contributed by atoms with Crippen molar-refractivity contribution in [1.82, 2.24) is 9.47 Å². The number of carbonyl (C=O) groups is 2. The summed E-state index contributed by atoms with van der Waals surface area (Å²) in [5, 5.41) is 3.59. The van der Waals surface area contributed by atoms with Crippen molar-refractivity contribution < 1.29 is 23.5 Å². The maximum absolute atomic E-state index is 15.2. The number of fused-ring (bicyclic) bond motifs is 1. The van der Waals surface area contributed by atoms with Gasteiger partial charge in [0.1, 0.15) is 5.60 Å². The zero-order chi connectivity index (χ0) is 23.5. The lowest BCUT2D eigenvalue weighted by molar-refractivity contribution is -0.142. The van der Waals surface area contributed by atoms with Gasteiger partial charge in [0.25, 0.3) is 0 Å². The zero-order valence-corrected chi connectivity index (χ0v) is 19.7. The standard InChI is InChI=1S/C24H34FN3O4/c1-6-31-20(29)9-12-26-18-7-8-19-21(22(18)25)16(2)15-28(19)17-10-13-27(14-11-17)23(30)32-24(3,4)5/h7-8,15,17,26H,6,9-14H2,1-5H3. The van der Waals surface area contributed by atoms with E-state index in [4.69, 9.17) is 9.47 Å². The molecular formula is C24H34FN3O4. The molecule has 176 valence electrons. The highest BCUT2D eigenvalue weighted by atomic mass is 19.1. The van der Waals surface area contributed by atoms with Crippen molar-refractivity contribution in [1.29, 1.82) is 0 Å². The molecule has 0 radical (unpaired) electrons. The first-order chi connectivity index (χ1) is 15.1. The molecule has 1 aromatic heterocycles. The Balaban J connectivity index is 1.69. The Morgan fingerprint density at radius 3 is 2.53 bits per heavy atom. The number of rotatable bonds is 6. The molecule has 1 amide bonds. The average molecular weight is 448 g/mol. The molecule has 0 saturated carbocycles. The van der Waals surface area contributed by atoms with Crippen LogP contribution in [0.4, 0.5) is 14.9 Å². The Morgan fingerprint density at radius 1 is 1.22 bits per heavy atom. The normalized spacial score (nSPS) is 15.1. The number of amides is 1. The maximum Gasteiger partial charge on any atom is 0.410 e. The third kappa shape index (κ3) is 5.53. The molecule has 0 aliphatic carbocycles. The molecule has 7 nitrogen and oxygen atoms in total. The van der Waals surface area contributed by atoms with Gasteiger partial charge in [0.2, 0.25) is 0 Å². The van der Waals surface area contributed by atoms with E-state index in [-0.39, 0.29) is 30.3 Å². The number of piperidine rings is 1. The van der Waals surface area contributed by atoms with Crippen molar-refractivity contribution in [3.05, 3.63) is 29.7 Å². The van der Waals surface area contributed by atoms with Gasteiger partial charge in [-0.1, -0.05) is 0 Å². The van der Waals surface area contributed by atoms with E-state index in [0.29, 0.717) is 37.3 Å². The lowest BCUT2D eigenvalue weighted by atomic mass is 10.0. The molecule has 32 heavy (non-hydrogen) atoms. The van der Waals surface area contributed by atoms with Crippen LogP contribution in [-0.2, 0) is 14.3 Å². The van der Waals surface area contributed by atoms with Gasteiger partial charge >= 0.3 is 12.1 Å². The largest absolute Gasteiger partial charge is 0.466 e. The van der Waals surface area contributed by atoms with Crippen molar-refractivity contribution in [3.63, 3.8) is 0 Å². The number of nitrogens with zero attached hydrogens (tertiary/aromatic N) is 2. The minimum atomic E-state index is -0.513. The fraction of sp³-hybridized carbons (Fsp3) is 0.583. The van der Waals surface area contributed by atoms with E-state index in [1.807, 2.05) is 40.0 Å². The quantitative estimate of drug-likeness (QED) is 0.629. The lowest BCUT2D eigenvalue weighted by Crippen LogP contribution is -2.42. The van der Waals surface area contributed by atoms with Gasteiger partial charge in [0.05, 0.1) is 24.2 Å². The van der Waals surface area contributed by atoms with E-state index < -0.39 is 5.60 Å². The summed E-state index contributed by atoms with van der Waals surface area (Å²) in [4.78, 5) is 25.6. The summed E-state index contributed by atoms with van der Waals surface area (Å²) in [6, 6.07) is 3.82. The van der Waals surface area contributed by atoms with Crippen LogP contribution in [0.15, 0.2) is 18.3 Å². The van der Waals surface area contributed by atoms with Crippen molar-refractivity contribution in [2.24, 2.45) is 0 Å². The molecule has 2 aromatic rings. The summed E-state index contributed by atoms with van der Waals surface area (Å²) in [7, 11) is 0. The second-order valence-electron chi connectivity index (χ2n) is 9.22. The van der Waals surface area contributed by atoms with E-state index in [0.717, 1.165) is 23.9 Å². The summed E-state index contributed by atoms with van der Waals surface area (Å²) in [6.45, 7) is 11.1. The predicted molar refractivity (Wildman–Crippen MR) is 122 cm³/mol. The maximum atomic E-state index is 15.2. The van der Waals surface area contributed by atoms with Crippen LogP contribution in [0.2, 0.25) is 0 Å². The Kier molecular flexibility index (Phi) is 7.31. The van der Waals surface area contributed by atoms with Gasteiger partial charge in [-0.2, -0.15) is 0 Å². The molecule has 3 rings (SSSR count). The lowest BCUT2D eigenvalue weighted by Gasteiger charge is -2.34. The van der Waals surface area contributed by atoms with Crippen molar-refractivity contribution >= 4 is 28.7 Å². The molecule has 2 heterocycles. The van der Waals surface area contributed by atoms with Gasteiger partial charge in [0.15, 0.2) is 5.82 Å². The highest BCUT2D eigenvalue weighted by molar-refractivity contribution is 5.88. The number of carbonyl (C=O) groups excluding carboxylic acids is 2. The Bertz CT molecular complexity index is 972. The number of esters is 1. The fourth-order valence-corrected chi connectivity index (χ4v) is 4.12. The average Bonchev–Trinajstić information content (AvgIpc) is 3.06. The van der Waals surface area contributed by atoms with Gasteiger partial charge in [-0.25, -0.2) is 9.18 Å². The number of hydrogen-bond donors (Lipinski definition) is 1. The minimum absolute atomic E-state index is 0.182. The van der Waals surface area contributed by atoms with Crippen molar-refractivity contribution in [3.8, 4) is 0 Å². The third-order valence-corrected chi connectivity index (χ3v) is 5.58. The van der Waals surface area contributed by atoms with Gasteiger partial charge < -0.3 is 24.3 Å². The molecule has 1 aromatic carbocycles. The first kappa shape index (κ1) is 23.9. The summed E-state index contributed by atoms with van der Waals surface area (Å²) in [6.07, 6.45) is 3.45. The molecule has 1 aliphatic heterocycles. The van der Waals surface area contributed by atoms with Gasteiger partial charge in [0, 0.05) is 37.3 Å². The van der Waals surface area contributed by atoms with Crippen LogP contribution in [0.5, 0.6) is 0 Å². The number of hydrogen-bond acceptors (Lipinski definition) is 5. The molecule has 0 unspecified atom stereocenters.